The molecule has 0 spiro atoms. The van der Waals surface area contributed by atoms with Crippen LogP contribution in [0.5, 0.6) is 0 Å². The smallest absolute Gasteiger partial charge is 0.314 e. The van der Waals surface area contributed by atoms with Crippen LogP contribution in [0.2, 0.25) is 0 Å². The molecule has 0 bridgehead atoms. The Balaban J connectivity index is 2.42. The van der Waals surface area contributed by atoms with Gasteiger partial charge in [-0.25, -0.2) is 4.39 Å². The second-order valence-corrected chi connectivity index (χ2v) is 6.20. The zero-order valence-corrected chi connectivity index (χ0v) is 13.6. The first-order valence-corrected chi connectivity index (χ1v) is 8.16. The second kappa shape index (κ2) is 7.62. The van der Waals surface area contributed by atoms with E-state index in [1.807, 2.05) is 13.8 Å². The van der Waals surface area contributed by atoms with Crippen molar-refractivity contribution < 1.29 is 17.6 Å². The molecule has 1 N–H and O–H groups in total. The van der Waals surface area contributed by atoms with Crippen molar-refractivity contribution in [1.82, 2.24) is 10.2 Å². The number of hydrogen-bond donors (Lipinski definition) is 1. The SMILES string of the molecule is CCCC(C)[C@H](c1cccc(C(F)(F)F)c1F)N1CCNCC1. The molecule has 130 valence electrons. The second-order valence-electron chi connectivity index (χ2n) is 6.20. The average Bonchev–Trinajstić information content (AvgIpc) is 2.49. The lowest BCUT2D eigenvalue weighted by Crippen LogP contribution is -2.47. The van der Waals surface area contributed by atoms with Gasteiger partial charge in [-0.05, 0) is 18.4 Å². The summed E-state index contributed by atoms with van der Waals surface area (Å²) in [4.78, 5) is 2.11. The van der Waals surface area contributed by atoms with Crippen LogP contribution in [-0.2, 0) is 6.18 Å². The highest BCUT2D eigenvalue weighted by Crippen LogP contribution is 2.38. The van der Waals surface area contributed by atoms with Crippen LogP contribution in [0.15, 0.2) is 18.2 Å². The Labute approximate surface area is 134 Å². The molecule has 1 saturated heterocycles. The van der Waals surface area contributed by atoms with Gasteiger partial charge in [0.2, 0.25) is 0 Å². The number of rotatable bonds is 5. The Bertz CT molecular complexity index is 510. The molecule has 2 atom stereocenters. The molecule has 2 rings (SSSR count). The van der Waals surface area contributed by atoms with E-state index in [1.165, 1.54) is 12.1 Å². The molecular weight excluding hydrogens is 308 g/mol. The third kappa shape index (κ3) is 4.23. The number of nitrogens with zero attached hydrogens (tertiary/aromatic N) is 1. The summed E-state index contributed by atoms with van der Waals surface area (Å²) >= 11 is 0. The van der Waals surface area contributed by atoms with E-state index in [4.69, 9.17) is 0 Å². The van der Waals surface area contributed by atoms with Crippen LogP contribution < -0.4 is 5.32 Å². The van der Waals surface area contributed by atoms with E-state index in [9.17, 15) is 17.6 Å². The lowest BCUT2D eigenvalue weighted by molar-refractivity contribution is -0.140. The van der Waals surface area contributed by atoms with Gasteiger partial charge in [0.1, 0.15) is 5.82 Å². The molecule has 1 aliphatic heterocycles. The zero-order valence-electron chi connectivity index (χ0n) is 13.6. The van der Waals surface area contributed by atoms with Crippen LogP contribution >= 0.6 is 0 Å². The Kier molecular flexibility index (Phi) is 6.03. The zero-order chi connectivity index (χ0) is 17.0. The normalized spacial score (nSPS) is 19.6. The van der Waals surface area contributed by atoms with Crippen molar-refractivity contribution in [2.24, 2.45) is 5.92 Å². The minimum absolute atomic E-state index is 0.0936. The first kappa shape index (κ1) is 18.2. The third-order valence-corrected chi connectivity index (χ3v) is 4.48. The van der Waals surface area contributed by atoms with Crippen LogP contribution in [0.1, 0.15) is 43.9 Å². The fraction of sp³-hybridized carbons (Fsp3) is 0.647. The van der Waals surface area contributed by atoms with E-state index < -0.39 is 17.6 Å². The van der Waals surface area contributed by atoms with Crippen LogP contribution in [-0.4, -0.2) is 31.1 Å². The molecule has 1 aliphatic rings. The summed E-state index contributed by atoms with van der Waals surface area (Å²) < 4.78 is 53.7. The van der Waals surface area contributed by atoms with E-state index in [2.05, 4.69) is 10.2 Å². The number of piperazine rings is 1. The van der Waals surface area contributed by atoms with Crippen molar-refractivity contribution in [1.29, 1.82) is 0 Å². The van der Waals surface area contributed by atoms with E-state index in [1.54, 1.807) is 0 Å². The molecule has 2 nitrogen and oxygen atoms in total. The summed E-state index contributed by atoms with van der Waals surface area (Å²) in [5.41, 5.74) is -0.999. The van der Waals surface area contributed by atoms with Crippen LogP contribution in [0.25, 0.3) is 0 Å². The summed E-state index contributed by atoms with van der Waals surface area (Å²) in [7, 11) is 0. The first-order chi connectivity index (χ1) is 10.9. The number of nitrogens with one attached hydrogen (secondary N) is 1. The molecule has 0 aromatic heterocycles. The van der Waals surface area contributed by atoms with Crippen molar-refractivity contribution in [2.75, 3.05) is 26.2 Å². The maximum absolute atomic E-state index is 14.6. The van der Waals surface area contributed by atoms with E-state index in [0.717, 1.165) is 32.0 Å². The van der Waals surface area contributed by atoms with Gasteiger partial charge in [-0.2, -0.15) is 13.2 Å². The summed E-state index contributed by atoms with van der Waals surface area (Å²) in [5, 5.41) is 3.23. The lowest BCUT2D eigenvalue weighted by atomic mass is 9.88. The number of hydrogen-bond acceptors (Lipinski definition) is 2. The Hall–Kier alpha value is -1.14. The number of benzene rings is 1. The fourth-order valence-electron chi connectivity index (χ4n) is 3.43. The number of halogens is 4. The van der Waals surface area contributed by atoms with Gasteiger partial charge in [0, 0.05) is 37.8 Å². The van der Waals surface area contributed by atoms with Crippen LogP contribution in [0.3, 0.4) is 0 Å². The largest absolute Gasteiger partial charge is 0.419 e. The van der Waals surface area contributed by atoms with Gasteiger partial charge in [0.25, 0.3) is 0 Å². The molecule has 1 unspecified atom stereocenters. The number of alkyl halides is 3. The topological polar surface area (TPSA) is 15.3 Å². The first-order valence-electron chi connectivity index (χ1n) is 8.16. The van der Waals surface area contributed by atoms with Crippen molar-refractivity contribution in [3.05, 3.63) is 35.1 Å². The highest BCUT2D eigenvalue weighted by Gasteiger charge is 2.37. The summed E-state index contributed by atoms with van der Waals surface area (Å²) in [6, 6.07) is 3.32. The molecule has 0 radical (unpaired) electrons. The predicted octanol–water partition coefficient (Wildman–Crippen LogP) is 4.23. The highest BCUT2D eigenvalue weighted by molar-refractivity contribution is 5.31. The van der Waals surface area contributed by atoms with Crippen molar-refractivity contribution >= 4 is 0 Å². The molecule has 1 aromatic rings. The van der Waals surface area contributed by atoms with Crippen LogP contribution in [0.4, 0.5) is 17.6 Å². The quantitative estimate of drug-likeness (QED) is 0.812. The van der Waals surface area contributed by atoms with Gasteiger partial charge in [0.15, 0.2) is 0 Å². The molecule has 0 saturated carbocycles. The van der Waals surface area contributed by atoms with Crippen molar-refractivity contribution in [3.63, 3.8) is 0 Å². The molecule has 23 heavy (non-hydrogen) atoms. The van der Waals surface area contributed by atoms with E-state index in [-0.39, 0.29) is 17.5 Å². The molecule has 0 amide bonds. The minimum atomic E-state index is -4.66. The van der Waals surface area contributed by atoms with Gasteiger partial charge in [-0.3, -0.25) is 4.90 Å². The monoisotopic (exact) mass is 332 g/mol. The average molecular weight is 332 g/mol. The highest BCUT2D eigenvalue weighted by atomic mass is 19.4. The van der Waals surface area contributed by atoms with Gasteiger partial charge < -0.3 is 5.32 Å². The summed E-state index contributed by atoms with van der Waals surface area (Å²) in [5.74, 6) is -1.03. The molecule has 1 fully saturated rings. The Morgan fingerprint density at radius 1 is 1.22 bits per heavy atom. The Morgan fingerprint density at radius 2 is 1.87 bits per heavy atom. The minimum Gasteiger partial charge on any atom is -0.314 e. The Morgan fingerprint density at radius 3 is 2.43 bits per heavy atom. The molecule has 1 heterocycles. The summed E-state index contributed by atoms with van der Waals surface area (Å²) in [6.07, 6.45) is -2.89. The van der Waals surface area contributed by atoms with E-state index >= 15 is 0 Å². The standard InChI is InChI=1S/C17H24F4N2/c1-3-5-12(2)16(23-10-8-22-9-11-23)13-6-4-7-14(15(13)18)17(19,20)21/h4,6-7,12,16,22H,3,5,8-11H2,1-2H3/t12?,16-/m1/s1. The van der Waals surface area contributed by atoms with Crippen LogP contribution in [0, 0.1) is 11.7 Å². The van der Waals surface area contributed by atoms with Crippen molar-refractivity contribution in [3.8, 4) is 0 Å². The van der Waals surface area contributed by atoms with E-state index in [0.29, 0.717) is 13.1 Å². The molecule has 6 heteroatoms. The maximum atomic E-state index is 14.6. The van der Waals surface area contributed by atoms with Gasteiger partial charge in [0.05, 0.1) is 5.56 Å². The maximum Gasteiger partial charge on any atom is 0.419 e. The predicted molar refractivity (Wildman–Crippen MR) is 82.7 cm³/mol. The lowest BCUT2D eigenvalue weighted by Gasteiger charge is -2.39. The molecule has 1 aromatic carbocycles. The van der Waals surface area contributed by atoms with Gasteiger partial charge >= 0.3 is 6.18 Å². The molecule has 0 aliphatic carbocycles. The molecular formula is C17H24F4N2. The summed E-state index contributed by atoms with van der Waals surface area (Å²) in [6.45, 7) is 7.01. The van der Waals surface area contributed by atoms with Gasteiger partial charge in [-0.1, -0.05) is 32.4 Å². The van der Waals surface area contributed by atoms with Crippen molar-refractivity contribution in [2.45, 2.75) is 38.9 Å². The third-order valence-electron chi connectivity index (χ3n) is 4.48. The fourth-order valence-corrected chi connectivity index (χ4v) is 3.43. The van der Waals surface area contributed by atoms with Gasteiger partial charge in [-0.15, -0.1) is 0 Å².